The summed E-state index contributed by atoms with van der Waals surface area (Å²) in [5.74, 6) is 0.519. The Labute approximate surface area is 106 Å². The van der Waals surface area contributed by atoms with E-state index in [1.807, 2.05) is 0 Å². The molecular weight excluding hydrogens is 258 g/mol. The van der Waals surface area contributed by atoms with Crippen molar-refractivity contribution in [1.82, 2.24) is 14.3 Å². The Morgan fingerprint density at radius 3 is 2.78 bits per heavy atom. The van der Waals surface area contributed by atoms with E-state index in [0.29, 0.717) is 12.4 Å². The molecule has 0 radical (unpaired) electrons. The second kappa shape index (κ2) is 5.83. The Balaban J connectivity index is 2.87. The number of imidazole rings is 1. The molecule has 4 N–H and O–H groups in total. The number of oxime groups is 1. The second-order valence-electron chi connectivity index (χ2n) is 3.67. The van der Waals surface area contributed by atoms with Crippen molar-refractivity contribution in [2.45, 2.75) is 25.3 Å². The molecule has 0 aliphatic rings. The monoisotopic (exact) mass is 275 g/mol. The fourth-order valence-electron chi connectivity index (χ4n) is 1.41. The summed E-state index contributed by atoms with van der Waals surface area (Å²) in [5.41, 5.74) is 5.32. The zero-order chi connectivity index (χ0) is 13.8. The number of amidine groups is 1. The number of nitrogens with two attached hydrogens (primary N) is 1. The predicted octanol–water partition coefficient (Wildman–Crippen LogP) is -0.135. The first-order chi connectivity index (χ1) is 8.41. The van der Waals surface area contributed by atoms with Crippen LogP contribution in [0.3, 0.4) is 0 Å². The molecule has 0 atom stereocenters. The van der Waals surface area contributed by atoms with E-state index >= 15 is 0 Å². The third kappa shape index (κ3) is 3.20. The highest BCUT2D eigenvalue weighted by atomic mass is 32.2. The summed E-state index contributed by atoms with van der Waals surface area (Å²) >= 11 is 0. The summed E-state index contributed by atoms with van der Waals surface area (Å²) in [6.07, 6.45) is 1.44. The molecule has 1 heterocycles. The van der Waals surface area contributed by atoms with Gasteiger partial charge in [0.1, 0.15) is 11.7 Å². The highest BCUT2D eigenvalue weighted by molar-refractivity contribution is 7.89. The molecule has 0 amide bonds. The van der Waals surface area contributed by atoms with E-state index in [4.69, 9.17) is 10.9 Å². The number of aromatic amines is 1. The van der Waals surface area contributed by atoms with Gasteiger partial charge in [0.25, 0.3) is 10.0 Å². The topological polar surface area (TPSA) is 125 Å². The lowest BCUT2D eigenvalue weighted by Crippen LogP contribution is -2.34. The third-order valence-corrected chi connectivity index (χ3v) is 4.28. The van der Waals surface area contributed by atoms with Gasteiger partial charge in [-0.1, -0.05) is 12.1 Å². The van der Waals surface area contributed by atoms with Crippen LogP contribution >= 0.6 is 0 Å². The SMILES string of the molecule is CCN(CCC(N)=NO)S(=O)(=O)c1cnc(C)[nH]1. The smallest absolute Gasteiger partial charge is 0.260 e. The number of H-pyrrole nitrogens is 1. The zero-order valence-electron chi connectivity index (χ0n) is 10.3. The first-order valence-corrected chi connectivity index (χ1v) is 6.84. The summed E-state index contributed by atoms with van der Waals surface area (Å²) in [7, 11) is -3.61. The molecule has 0 bridgehead atoms. The van der Waals surface area contributed by atoms with Gasteiger partial charge in [-0.2, -0.15) is 4.31 Å². The van der Waals surface area contributed by atoms with Crippen LogP contribution in [0, 0.1) is 6.92 Å². The molecular formula is C9H17N5O3S. The van der Waals surface area contributed by atoms with E-state index in [2.05, 4.69) is 15.1 Å². The van der Waals surface area contributed by atoms with Gasteiger partial charge in [-0.05, 0) is 6.92 Å². The zero-order valence-corrected chi connectivity index (χ0v) is 11.1. The minimum Gasteiger partial charge on any atom is -0.409 e. The summed E-state index contributed by atoms with van der Waals surface area (Å²) in [5, 5.41) is 11.3. The molecule has 0 aliphatic heterocycles. The Kier molecular flexibility index (Phi) is 4.68. The molecule has 0 unspecified atom stereocenters. The summed E-state index contributed by atoms with van der Waals surface area (Å²) in [6.45, 7) is 3.82. The highest BCUT2D eigenvalue weighted by Gasteiger charge is 2.24. The van der Waals surface area contributed by atoms with Crippen LogP contribution in [-0.4, -0.2) is 46.8 Å². The minimum absolute atomic E-state index is 0.00978. The number of sulfonamides is 1. The molecule has 0 aliphatic carbocycles. The van der Waals surface area contributed by atoms with E-state index < -0.39 is 10.0 Å². The molecule has 8 nitrogen and oxygen atoms in total. The molecule has 9 heteroatoms. The van der Waals surface area contributed by atoms with E-state index in [1.54, 1.807) is 13.8 Å². The lowest BCUT2D eigenvalue weighted by atomic mass is 10.4. The number of hydrogen-bond donors (Lipinski definition) is 3. The van der Waals surface area contributed by atoms with Gasteiger partial charge in [-0.3, -0.25) is 0 Å². The third-order valence-electron chi connectivity index (χ3n) is 2.40. The van der Waals surface area contributed by atoms with Crippen molar-refractivity contribution in [2.75, 3.05) is 13.1 Å². The summed E-state index contributed by atoms with van der Waals surface area (Å²) < 4.78 is 25.6. The molecule has 0 fully saturated rings. The predicted molar refractivity (Wildman–Crippen MR) is 65.8 cm³/mol. The summed E-state index contributed by atoms with van der Waals surface area (Å²) in [4.78, 5) is 6.54. The number of aromatic nitrogens is 2. The van der Waals surface area contributed by atoms with Crippen molar-refractivity contribution in [3.05, 3.63) is 12.0 Å². The fraction of sp³-hybridized carbons (Fsp3) is 0.556. The lowest BCUT2D eigenvalue weighted by Gasteiger charge is -2.18. The normalized spacial score (nSPS) is 13.2. The molecule has 1 aromatic rings. The lowest BCUT2D eigenvalue weighted by molar-refractivity contribution is 0.315. The molecule has 1 rings (SSSR count). The maximum absolute atomic E-state index is 12.2. The average molecular weight is 275 g/mol. The van der Waals surface area contributed by atoms with Gasteiger partial charge >= 0.3 is 0 Å². The number of rotatable bonds is 6. The van der Waals surface area contributed by atoms with Crippen LogP contribution in [0.4, 0.5) is 0 Å². The van der Waals surface area contributed by atoms with E-state index in [9.17, 15) is 8.42 Å². The van der Waals surface area contributed by atoms with Gasteiger partial charge < -0.3 is 15.9 Å². The van der Waals surface area contributed by atoms with Crippen LogP contribution < -0.4 is 5.73 Å². The molecule has 0 aromatic carbocycles. The van der Waals surface area contributed by atoms with E-state index in [0.717, 1.165) is 0 Å². The number of aryl methyl sites for hydroxylation is 1. The first kappa shape index (κ1) is 14.5. The Morgan fingerprint density at radius 2 is 2.33 bits per heavy atom. The number of nitrogens with zero attached hydrogens (tertiary/aromatic N) is 3. The minimum atomic E-state index is -3.61. The maximum Gasteiger partial charge on any atom is 0.260 e. The molecule has 102 valence electrons. The van der Waals surface area contributed by atoms with Crippen molar-refractivity contribution in [2.24, 2.45) is 10.9 Å². The van der Waals surface area contributed by atoms with Gasteiger partial charge in [0.2, 0.25) is 0 Å². The van der Waals surface area contributed by atoms with Gasteiger partial charge in [0.05, 0.1) is 6.20 Å². The van der Waals surface area contributed by atoms with Crippen LogP contribution in [0.5, 0.6) is 0 Å². The number of nitrogens with one attached hydrogen (secondary N) is 1. The van der Waals surface area contributed by atoms with Crippen LogP contribution in [0.25, 0.3) is 0 Å². The van der Waals surface area contributed by atoms with Crippen molar-refractivity contribution < 1.29 is 13.6 Å². The molecule has 0 spiro atoms. The van der Waals surface area contributed by atoms with Crippen LogP contribution in [0.15, 0.2) is 16.4 Å². The van der Waals surface area contributed by atoms with Crippen molar-refractivity contribution in [3.8, 4) is 0 Å². The maximum atomic E-state index is 12.2. The first-order valence-electron chi connectivity index (χ1n) is 5.40. The van der Waals surface area contributed by atoms with Crippen molar-refractivity contribution in [3.63, 3.8) is 0 Å². The standard InChI is InChI=1S/C9H17N5O3S/c1-3-14(5-4-8(10)13-15)18(16,17)9-6-11-7(2)12-9/h6,15H,3-5H2,1-2H3,(H2,10,13)(H,11,12). The van der Waals surface area contributed by atoms with Crippen molar-refractivity contribution >= 4 is 15.9 Å². The molecule has 18 heavy (non-hydrogen) atoms. The Hall–Kier alpha value is -1.61. The second-order valence-corrected chi connectivity index (χ2v) is 5.58. The number of hydrogen-bond acceptors (Lipinski definition) is 5. The van der Waals surface area contributed by atoms with E-state index in [-0.39, 0.29) is 23.8 Å². The van der Waals surface area contributed by atoms with Gasteiger partial charge in [0.15, 0.2) is 5.03 Å². The molecule has 0 saturated carbocycles. The fourth-order valence-corrected chi connectivity index (χ4v) is 2.82. The van der Waals surface area contributed by atoms with Gasteiger partial charge in [0, 0.05) is 19.5 Å². The van der Waals surface area contributed by atoms with Crippen molar-refractivity contribution in [1.29, 1.82) is 0 Å². The largest absolute Gasteiger partial charge is 0.409 e. The molecule has 1 aromatic heterocycles. The summed E-state index contributed by atoms with van der Waals surface area (Å²) in [6, 6.07) is 0. The Morgan fingerprint density at radius 1 is 1.67 bits per heavy atom. The quantitative estimate of drug-likeness (QED) is 0.288. The highest BCUT2D eigenvalue weighted by Crippen LogP contribution is 2.13. The van der Waals surface area contributed by atoms with Crippen LogP contribution in [-0.2, 0) is 10.0 Å². The van der Waals surface area contributed by atoms with Crippen LogP contribution in [0.1, 0.15) is 19.2 Å². The average Bonchev–Trinajstić information content (AvgIpc) is 2.76. The van der Waals surface area contributed by atoms with Gasteiger partial charge in [-0.25, -0.2) is 13.4 Å². The van der Waals surface area contributed by atoms with Gasteiger partial charge in [-0.15, -0.1) is 0 Å². The van der Waals surface area contributed by atoms with Crippen LogP contribution in [0.2, 0.25) is 0 Å². The van der Waals surface area contributed by atoms with E-state index in [1.165, 1.54) is 10.5 Å². The Bertz CT molecular complexity index is 522. The molecule has 0 saturated heterocycles.